The second-order valence-electron chi connectivity index (χ2n) is 6.50. The van der Waals surface area contributed by atoms with E-state index in [1.807, 2.05) is 12.1 Å². The van der Waals surface area contributed by atoms with Gasteiger partial charge >= 0.3 is 0 Å². The van der Waals surface area contributed by atoms with Crippen LogP contribution in [0.1, 0.15) is 31.1 Å². The van der Waals surface area contributed by atoms with Gasteiger partial charge in [0.25, 0.3) is 0 Å². The summed E-state index contributed by atoms with van der Waals surface area (Å²) in [4.78, 5) is 2.41. The Balaban J connectivity index is 1.77. The highest BCUT2D eigenvalue weighted by Crippen LogP contribution is 2.30. The second kappa shape index (κ2) is 8.77. The van der Waals surface area contributed by atoms with Gasteiger partial charge in [-0.25, -0.2) is 13.1 Å². The van der Waals surface area contributed by atoms with Gasteiger partial charge in [0.15, 0.2) is 11.5 Å². The average Bonchev–Trinajstić information content (AvgIpc) is 3.22. The summed E-state index contributed by atoms with van der Waals surface area (Å²) in [5, 5.41) is 0. The zero-order valence-electron chi connectivity index (χ0n) is 15.7. The molecule has 2 heterocycles. The van der Waals surface area contributed by atoms with Crippen LogP contribution in [-0.4, -0.2) is 47.2 Å². The Morgan fingerprint density at radius 3 is 2.48 bits per heavy atom. The summed E-state index contributed by atoms with van der Waals surface area (Å²) in [6, 6.07) is 8.15. The first-order valence-electron chi connectivity index (χ1n) is 9.04. The average molecular weight is 394 g/mol. The number of hydrogen-bond acceptors (Lipinski definition) is 6. The molecule has 148 valence electrons. The Morgan fingerprint density at radius 1 is 1.11 bits per heavy atom. The van der Waals surface area contributed by atoms with Crippen LogP contribution in [0.4, 0.5) is 0 Å². The maximum atomic E-state index is 12.8. The van der Waals surface area contributed by atoms with Crippen molar-refractivity contribution in [3.63, 3.8) is 0 Å². The van der Waals surface area contributed by atoms with Crippen LogP contribution >= 0.6 is 0 Å². The quantitative estimate of drug-likeness (QED) is 0.742. The molecule has 7 nitrogen and oxygen atoms in total. The van der Waals surface area contributed by atoms with E-state index in [0.717, 1.165) is 31.7 Å². The molecule has 0 saturated carbocycles. The van der Waals surface area contributed by atoms with Crippen LogP contribution in [0.25, 0.3) is 0 Å². The number of ether oxygens (including phenoxy) is 2. The largest absolute Gasteiger partial charge is 0.493 e. The third-order valence-corrected chi connectivity index (χ3v) is 6.26. The van der Waals surface area contributed by atoms with Gasteiger partial charge in [-0.3, -0.25) is 4.90 Å². The molecule has 1 saturated heterocycles. The predicted octanol–water partition coefficient (Wildman–Crippen LogP) is 2.80. The molecule has 1 aliphatic rings. The number of likely N-dealkylation sites (tertiary alicyclic amines) is 1. The van der Waals surface area contributed by atoms with Crippen molar-refractivity contribution in [1.29, 1.82) is 0 Å². The summed E-state index contributed by atoms with van der Waals surface area (Å²) >= 11 is 0. The first-order chi connectivity index (χ1) is 13.0. The molecular formula is C19H26N2O5S. The monoisotopic (exact) mass is 394 g/mol. The third kappa shape index (κ3) is 4.63. The van der Waals surface area contributed by atoms with Gasteiger partial charge in [0.05, 0.1) is 31.4 Å². The smallest absolute Gasteiger partial charge is 0.240 e. The molecule has 0 amide bonds. The zero-order valence-corrected chi connectivity index (χ0v) is 16.5. The van der Waals surface area contributed by atoms with Gasteiger partial charge in [-0.15, -0.1) is 0 Å². The van der Waals surface area contributed by atoms with Crippen LogP contribution in [0.2, 0.25) is 0 Å². The molecule has 0 aliphatic carbocycles. The summed E-state index contributed by atoms with van der Waals surface area (Å²) in [6.45, 7) is 2.11. The van der Waals surface area contributed by atoms with Crippen molar-refractivity contribution < 1.29 is 22.3 Å². The first kappa shape index (κ1) is 19.7. The number of methoxy groups -OCH3 is 2. The van der Waals surface area contributed by atoms with E-state index in [1.165, 1.54) is 32.8 Å². The van der Waals surface area contributed by atoms with Gasteiger partial charge in [0.2, 0.25) is 10.0 Å². The van der Waals surface area contributed by atoms with Crippen LogP contribution in [0.15, 0.2) is 45.9 Å². The van der Waals surface area contributed by atoms with Crippen molar-refractivity contribution in [1.82, 2.24) is 9.62 Å². The lowest BCUT2D eigenvalue weighted by Crippen LogP contribution is -2.40. The Kier molecular flexibility index (Phi) is 6.41. The predicted molar refractivity (Wildman–Crippen MR) is 102 cm³/mol. The molecule has 27 heavy (non-hydrogen) atoms. The summed E-state index contributed by atoms with van der Waals surface area (Å²) in [6.07, 6.45) is 5.05. The zero-order chi connectivity index (χ0) is 19.3. The minimum absolute atomic E-state index is 0.129. The molecular weight excluding hydrogens is 368 g/mol. The lowest BCUT2D eigenvalue weighted by molar-refractivity contribution is 0.147. The maximum Gasteiger partial charge on any atom is 0.240 e. The van der Waals surface area contributed by atoms with Crippen LogP contribution in [0.3, 0.4) is 0 Å². The topological polar surface area (TPSA) is 81.0 Å². The van der Waals surface area contributed by atoms with Crippen LogP contribution in [-0.2, 0) is 10.0 Å². The van der Waals surface area contributed by atoms with E-state index < -0.39 is 10.0 Å². The van der Waals surface area contributed by atoms with Crippen molar-refractivity contribution >= 4 is 10.0 Å². The molecule has 1 aromatic carbocycles. The fourth-order valence-corrected chi connectivity index (χ4v) is 4.43. The lowest BCUT2D eigenvalue weighted by Gasteiger charge is -2.33. The van der Waals surface area contributed by atoms with Crippen molar-refractivity contribution in [2.45, 2.75) is 30.2 Å². The Hall–Kier alpha value is -2.03. The van der Waals surface area contributed by atoms with Crippen LogP contribution in [0.5, 0.6) is 11.5 Å². The number of nitrogens with one attached hydrogen (secondary N) is 1. The van der Waals surface area contributed by atoms with Gasteiger partial charge in [-0.05, 0) is 50.2 Å². The molecule has 0 bridgehead atoms. The molecule has 3 rings (SSSR count). The van der Waals surface area contributed by atoms with Crippen molar-refractivity contribution in [2.24, 2.45) is 0 Å². The number of furan rings is 1. The van der Waals surface area contributed by atoms with E-state index in [0.29, 0.717) is 11.5 Å². The van der Waals surface area contributed by atoms with E-state index in [9.17, 15) is 8.42 Å². The van der Waals surface area contributed by atoms with E-state index >= 15 is 0 Å². The molecule has 0 spiro atoms. The SMILES string of the molecule is COc1ccc(S(=O)(=O)NC[C@@H](c2ccco2)N2CCCCC2)cc1OC. The molecule has 1 aliphatic heterocycles. The van der Waals surface area contributed by atoms with E-state index in [4.69, 9.17) is 13.9 Å². The maximum absolute atomic E-state index is 12.8. The van der Waals surface area contributed by atoms with Gasteiger partial charge in [0, 0.05) is 12.6 Å². The minimum atomic E-state index is -3.70. The van der Waals surface area contributed by atoms with Gasteiger partial charge < -0.3 is 13.9 Å². The number of sulfonamides is 1. The van der Waals surface area contributed by atoms with Crippen molar-refractivity contribution in [2.75, 3.05) is 33.9 Å². The molecule has 1 fully saturated rings. The number of benzene rings is 1. The van der Waals surface area contributed by atoms with Gasteiger partial charge in [0.1, 0.15) is 5.76 Å². The molecule has 0 unspecified atom stereocenters. The highest BCUT2D eigenvalue weighted by molar-refractivity contribution is 7.89. The first-order valence-corrected chi connectivity index (χ1v) is 10.5. The fourth-order valence-electron chi connectivity index (χ4n) is 3.38. The van der Waals surface area contributed by atoms with E-state index in [-0.39, 0.29) is 17.5 Å². The summed E-state index contributed by atoms with van der Waals surface area (Å²) in [5.41, 5.74) is 0. The molecule has 2 aromatic rings. The van der Waals surface area contributed by atoms with Crippen LogP contribution < -0.4 is 14.2 Å². The lowest BCUT2D eigenvalue weighted by atomic mass is 10.1. The summed E-state index contributed by atoms with van der Waals surface area (Å²) < 4.78 is 44.3. The Morgan fingerprint density at radius 2 is 1.85 bits per heavy atom. The van der Waals surface area contributed by atoms with Crippen LogP contribution in [0, 0.1) is 0 Å². The van der Waals surface area contributed by atoms with Crippen molar-refractivity contribution in [3.05, 3.63) is 42.4 Å². The highest BCUT2D eigenvalue weighted by atomic mass is 32.2. The van der Waals surface area contributed by atoms with E-state index in [1.54, 1.807) is 12.3 Å². The number of piperidine rings is 1. The molecule has 0 radical (unpaired) electrons. The molecule has 8 heteroatoms. The van der Waals surface area contributed by atoms with E-state index in [2.05, 4.69) is 9.62 Å². The van der Waals surface area contributed by atoms with Gasteiger partial charge in [-0.2, -0.15) is 0 Å². The van der Waals surface area contributed by atoms with Crippen molar-refractivity contribution in [3.8, 4) is 11.5 Å². The molecule has 1 N–H and O–H groups in total. The number of rotatable bonds is 8. The minimum Gasteiger partial charge on any atom is -0.493 e. The highest BCUT2D eigenvalue weighted by Gasteiger charge is 2.27. The normalized spacial score (nSPS) is 16.8. The third-order valence-electron chi connectivity index (χ3n) is 4.84. The molecule has 1 aromatic heterocycles. The summed E-state index contributed by atoms with van der Waals surface area (Å²) in [7, 11) is -0.709. The Bertz CT molecular complexity index is 830. The molecule has 1 atom stereocenters. The summed E-state index contributed by atoms with van der Waals surface area (Å²) in [5.74, 6) is 1.63. The number of hydrogen-bond donors (Lipinski definition) is 1. The fraction of sp³-hybridized carbons (Fsp3) is 0.474. The Labute approximate surface area is 160 Å². The van der Waals surface area contributed by atoms with Gasteiger partial charge in [-0.1, -0.05) is 6.42 Å². The standard InChI is InChI=1S/C19H26N2O5S/c1-24-18-9-8-15(13-19(18)25-2)27(22,23)20-14-16(17-7-6-12-26-17)21-10-4-3-5-11-21/h6-9,12-13,16,20H,3-5,10-11,14H2,1-2H3/t16-/m0/s1. The number of nitrogens with zero attached hydrogens (tertiary/aromatic N) is 1. The second-order valence-corrected chi connectivity index (χ2v) is 8.26.